The standard InChI is InChI=1S/C25H29N5O2/c1-3-29(22-11-7-8-19(2)16-22)25-23(30(31)32)24(26-18-27-25)28-14-12-21(13-15-28)17-20-9-5-4-6-10-20/h4-11,16,18,21H,3,12-15,17H2,1-2H3. The van der Waals surface area contributed by atoms with Crippen LogP contribution in [0.3, 0.4) is 0 Å². The van der Waals surface area contributed by atoms with Gasteiger partial charge < -0.3 is 9.80 Å². The first-order valence-electron chi connectivity index (χ1n) is 11.2. The molecule has 166 valence electrons. The average molecular weight is 432 g/mol. The maximum absolute atomic E-state index is 12.2. The Morgan fingerprint density at radius 3 is 2.50 bits per heavy atom. The normalized spacial score (nSPS) is 14.4. The number of anilines is 3. The van der Waals surface area contributed by atoms with Crippen molar-refractivity contribution in [1.29, 1.82) is 0 Å². The molecule has 2 aromatic carbocycles. The summed E-state index contributed by atoms with van der Waals surface area (Å²) in [5.41, 5.74) is 3.32. The van der Waals surface area contributed by atoms with Crippen LogP contribution in [0.15, 0.2) is 60.9 Å². The molecule has 2 heterocycles. The molecule has 3 aromatic rings. The van der Waals surface area contributed by atoms with Crippen LogP contribution < -0.4 is 9.80 Å². The summed E-state index contributed by atoms with van der Waals surface area (Å²) in [4.78, 5) is 24.5. The van der Waals surface area contributed by atoms with E-state index in [4.69, 9.17) is 0 Å². The van der Waals surface area contributed by atoms with Gasteiger partial charge in [0.15, 0.2) is 0 Å². The molecule has 0 unspecified atom stereocenters. The van der Waals surface area contributed by atoms with Crippen LogP contribution in [-0.4, -0.2) is 34.5 Å². The Morgan fingerprint density at radius 1 is 1.09 bits per heavy atom. The zero-order valence-corrected chi connectivity index (χ0v) is 18.6. The first kappa shape index (κ1) is 21.7. The van der Waals surface area contributed by atoms with Crippen LogP contribution in [0.25, 0.3) is 0 Å². The number of nitro groups is 1. The molecule has 1 aliphatic rings. The van der Waals surface area contributed by atoms with Crippen LogP contribution >= 0.6 is 0 Å². The molecule has 0 spiro atoms. The number of hydrogen-bond donors (Lipinski definition) is 0. The lowest BCUT2D eigenvalue weighted by Crippen LogP contribution is -2.35. The summed E-state index contributed by atoms with van der Waals surface area (Å²) in [5.74, 6) is 1.34. The summed E-state index contributed by atoms with van der Waals surface area (Å²) in [5, 5.41) is 12.2. The molecule has 1 fully saturated rings. The van der Waals surface area contributed by atoms with E-state index in [1.165, 1.54) is 11.9 Å². The van der Waals surface area contributed by atoms with E-state index in [0.717, 1.165) is 43.6 Å². The number of rotatable bonds is 7. The van der Waals surface area contributed by atoms with E-state index in [1.807, 2.05) is 49.1 Å². The molecule has 7 heteroatoms. The van der Waals surface area contributed by atoms with Gasteiger partial charge in [-0.3, -0.25) is 10.1 Å². The van der Waals surface area contributed by atoms with Crippen LogP contribution in [0, 0.1) is 23.0 Å². The molecule has 0 aliphatic carbocycles. The highest BCUT2D eigenvalue weighted by molar-refractivity contribution is 5.76. The molecular weight excluding hydrogens is 402 g/mol. The second-order valence-corrected chi connectivity index (χ2v) is 8.33. The molecule has 0 saturated carbocycles. The van der Waals surface area contributed by atoms with Crippen molar-refractivity contribution in [2.24, 2.45) is 5.92 Å². The van der Waals surface area contributed by atoms with Gasteiger partial charge in [0.05, 0.1) is 4.92 Å². The number of hydrogen-bond acceptors (Lipinski definition) is 6. The van der Waals surface area contributed by atoms with Crippen molar-refractivity contribution >= 4 is 23.0 Å². The third-order valence-corrected chi connectivity index (χ3v) is 6.13. The van der Waals surface area contributed by atoms with Gasteiger partial charge in [-0.2, -0.15) is 0 Å². The average Bonchev–Trinajstić information content (AvgIpc) is 2.80. The summed E-state index contributed by atoms with van der Waals surface area (Å²) >= 11 is 0. The maximum atomic E-state index is 12.2. The van der Waals surface area contributed by atoms with E-state index in [2.05, 4.69) is 39.1 Å². The Bertz CT molecular complexity index is 1060. The summed E-state index contributed by atoms with van der Waals surface area (Å²) in [6.45, 7) is 6.07. The lowest BCUT2D eigenvalue weighted by molar-refractivity contribution is -0.383. The van der Waals surface area contributed by atoms with Crippen molar-refractivity contribution in [1.82, 2.24) is 9.97 Å². The Labute approximate surface area is 188 Å². The maximum Gasteiger partial charge on any atom is 0.353 e. The number of nitrogens with zero attached hydrogens (tertiary/aromatic N) is 5. The van der Waals surface area contributed by atoms with E-state index in [1.54, 1.807) is 0 Å². The smallest absolute Gasteiger partial charge is 0.351 e. The van der Waals surface area contributed by atoms with E-state index >= 15 is 0 Å². The largest absolute Gasteiger partial charge is 0.353 e. The van der Waals surface area contributed by atoms with Gasteiger partial charge in [-0.15, -0.1) is 0 Å². The summed E-state index contributed by atoms with van der Waals surface area (Å²) < 4.78 is 0. The van der Waals surface area contributed by atoms with Crippen molar-refractivity contribution in [3.8, 4) is 0 Å². The van der Waals surface area contributed by atoms with Crippen molar-refractivity contribution in [2.75, 3.05) is 29.4 Å². The van der Waals surface area contributed by atoms with E-state index in [9.17, 15) is 10.1 Å². The van der Waals surface area contributed by atoms with Crippen molar-refractivity contribution in [2.45, 2.75) is 33.1 Å². The van der Waals surface area contributed by atoms with E-state index < -0.39 is 0 Å². The summed E-state index contributed by atoms with van der Waals surface area (Å²) in [7, 11) is 0. The third kappa shape index (κ3) is 4.72. The molecule has 1 aliphatic heterocycles. The number of aromatic nitrogens is 2. The molecule has 0 radical (unpaired) electrons. The first-order valence-corrected chi connectivity index (χ1v) is 11.2. The SMILES string of the molecule is CCN(c1cccc(C)c1)c1ncnc(N2CCC(Cc3ccccc3)CC2)c1[N+](=O)[O-]. The minimum Gasteiger partial charge on any atom is -0.351 e. The van der Waals surface area contributed by atoms with Crippen LogP contribution in [0.2, 0.25) is 0 Å². The summed E-state index contributed by atoms with van der Waals surface area (Å²) in [6, 6.07) is 18.5. The van der Waals surface area contributed by atoms with Crippen molar-refractivity contribution in [3.05, 3.63) is 82.2 Å². The molecule has 32 heavy (non-hydrogen) atoms. The molecule has 0 N–H and O–H groups in total. The predicted molar refractivity (Wildman–Crippen MR) is 128 cm³/mol. The molecule has 0 atom stereocenters. The Hall–Kier alpha value is -3.48. The summed E-state index contributed by atoms with van der Waals surface area (Å²) in [6.07, 6.45) is 4.47. The Balaban J connectivity index is 1.58. The third-order valence-electron chi connectivity index (χ3n) is 6.13. The van der Waals surface area contributed by atoms with Gasteiger partial charge in [0.25, 0.3) is 0 Å². The lowest BCUT2D eigenvalue weighted by atomic mass is 9.90. The number of piperidine rings is 1. The number of aryl methyl sites for hydroxylation is 1. The van der Waals surface area contributed by atoms with Crippen LogP contribution in [0.4, 0.5) is 23.0 Å². The predicted octanol–water partition coefficient (Wildman–Crippen LogP) is 5.31. The van der Waals surface area contributed by atoms with Gasteiger partial charge >= 0.3 is 5.69 Å². The molecule has 0 bridgehead atoms. The van der Waals surface area contributed by atoms with E-state index in [0.29, 0.717) is 24.1 Å². The van der Waals surface area contributed by atoms with Gasteiger partial charge in [0.2, 0.25) is 11.6 Å². The van der Waals surface area contributed by atoms with Crippen LogP contribution in [0.1, 0.15) is 30.9 Å². The first-order chi connectivity index (χ1) is 15.6. The highest BCUT2D eigenvalue weighted by Gasteiger charge is 2.32. The molecule has 0 amide bonds. The van der Waals surface area contributed by atoms with Gasteiger partial charge in [0, 0.05) is 25.3 Å². The second kappa shape index (κ2) is 9.77. The Morgan fingerprint density at radius 2 is 1.84 bits per heavy atom. The molecule has 1 aromatic heterocycles. The highest BCUT2D eigenvalue weighted by Crippen LogP contribution is 2.39. The van der Waals surface area contributed by atoms with Crippen molar-refractivity contribution in [3.63, 3.8) is 0 Å². The molecular formula is C25H29N5O2. The molecule has 4 rings (SSSR count). The fourth-order valence-electron chi connectivity index (χ4n) is 4.50. The zero-order valence-electron chi connectivity index (χ0n) is 18.6. The minimum atomic E-state index is -0.334. The van der Waals surface area contributed by atoms with E-state index in [-0.39, 0.29) is 10.6 Å². The monoisotopic (exact) mass is 431 g/mol. The quantitative estimate of drug-likeness (QED) is 0.373. The zero-order chi connectivity index (χ0) is 22.5. The number of benzene rings is 2. The topological polar surface area (TPSA) is 75.4 Å². The fourth-order valence-corrected chi connectivity index (χ4v) is 4.50. The van der Waals surface area contributed by atoms with Gasteiger partial charge in [0.1, 0.15) is 6.33 Å². The molecule has 1 saturated heterocycles. The highest BCUT2D eigenvalue weighted by atomic mass is 16.6. The fraction of sp³-hybridized carbons (Fsp3) is 0.360. The minimum absolute atomic E-state index is 0.0163. The lowest BCUT2D eigenvalue weighted by Gasteiger charge is -2.33. The molecule has 7 nitrogen and oxygen atoms in total. The van der Waals surface area contributed by atoms with Crippen LogP contribution in [0.5, 0.6) is 0 Å². The van der Waals surface area contributed by atoms with Gasteiger partial charge in [-0.25, -0.2) is 9.97 Å². The van der Waals surface area contributed by atoms with Gasteiger partial charge in [-0.1, -0.05) is 42.5 Å². The second-order valence-electron chi connectivity index (χ2n) is 8.33. The Kier molecular flexibility index (Phi) is 6.63. The van der Waals surface area contributed by atoms with Gasteiger partial charge in [-0.05, 0) is 62.3 Å². The van der Waals surface area contributed by atoms with Crippen molar-refractivity contribution < 1.29 is 4.92 Å². The van der Waals surface area contributed by atoms with Crippen LogP contribution in [-0.2, 0) is 6.42 Å².